The molecule has 32 heavy (non-hydrogen) atoms. The van der Waals surface area contributed by atoms with Gasteiger partial charge in [-0.05, 0) is 38.1 Å². The molecule has 0 spiro atoms. The fourth-order valence-corrected chi connectivity index (χ4v) is 3.13. The quantitative estimate of drug-likeness (QED) is 0.438. The van der Waals surface area contributed by atoms with E-state index in [1.165, 1.54) is 0 Å². The summed E-state index contributed by atoms with van der Waals surface area (Å²) >= 11 is 0. The number of hydrogen-bond acceptors (Lipinski definition) is 6. The van der Waals surface area contributed by atoms with Crippen LogP contribution in [0.3, 0.4) is 0 Å². The predicted octanol–water partition coefficient (Wildman–Crippen LogP) is 5.13. The Hall–Kier alpha value is -4.13. The highest BCUT2D eigenvalue weighted by Gasteiger charge is 2.20. The van der Waals surface area contributed by atoms with Crippen LogP contribution < -0.4 is 14.8 Å². The van der Waals surface area contributed by atoms with Crippen LogP contribution in [0.15, 0.2) is 77.3 Å². The number of hydrogen-bond donors (Lipinski definition) is 1. The smallest absolute Gasteiger partial charge is 0.265 e. The van der Waals surface area contributed by atoms with E-state index < -0.39 is 6.10 Å². The number of rotatable bonds is 7. The number of para-hydroxylation sites is 3. The van der Waals surface area contributed by atoms with Crippen molar-refractivity contribution < 1.29 is 18.8 Å². The molecule has 162 valence electrons. The third-order valence-corrected chi connectivity index (χ3v) is 4.89. The Balaban J connectivity index is 1.52. The van der Waals surface area contributed by atoms with Crippen molar-refractivity contribution >= 4 is 11.6 Å². The summed E-state index contributed by atoms with van der Waals surface area (Å²) < 4.78 is 16.6. The first-order valence-electron chi connectivity index (χ1n) is 10.2. The lowest BCUT2D eigenvalue weighted by Crippen LogP contribution is -2.30. The molecule has 0 saturated carbocycles. The van der Waals surface area contributed by atoms with Gasteiger partial charge in [0.05, 0.1) is 18.4 Å². The number of methoxy groups -OCH3 is 1. The van der Waals surface area contributed by atoms with Gasteiger partial charge in [0, 0.05) is 5.56 Å². The van der Waals surface area contributed by atoms with Crippen molar-refractivity contribution in [1.82, 2.24) is 10.1 Å². The monoisotopic (exact) mass is 429 g/mol. The average molecular weight is 429 g/mol. The van der Waals surface area contributed by atoms with E-state index in [1.54, 1.807) is 32.2 Å². The number of anilines is 1. The number of carbonyl (C=O) groups excluding carboxylic acids is 1. The lowest BCUT2D eigenvalue weighted by molar-refractivity contribution is -0.122. The molecule has 1 heterocycles. The Morgan fingerprint density at radius 3 is 2.41 bits per heavy atom. The first-order chi connectivity index (χ1) is 15.5. The summed E-state index contributed by atoms with van der Waals surface area (Å²) in [7, 11) is 1.55. The van der Waals surface area contributed by atoms with Crippen molar-refractivity contribution in [3.63, 3.8) is 0 Å². The zero-order valence-electron chi connectivity index (χ0n) is 18.0. The van der Waals surface area contributed by atoms with Gasteiger partial charge >= 0.3 is 0 Å². The van der Waals surface area contributed by atoms with Crippen molar-refractivity contribution in [2.75, 3.05) is 12.4 Å². The van der Waals surface area contributed by atoms with Gasteiger partial charge in [-0.1, -0.05) is 59.3 Å². The lowest BCUT2D eigenvalue weighted by Gasteiger charge is -2.17. The highest BCUT2D eigenvalue weighted by molar-refractivity contribution is 5.97. The molecular formula is C25H23N3O4. The number of ether oxygens (including phenoxy) is 2. The van der Waals surface area contributed by atoms with Crippen LogP contribution in [0.1, 0.15) is 12.5 Å². The Morgan fingerprint density at radius 1 is 0.969 bits per heavy atom. The second-order valence-corrected chi connectivity index (χ2v) is 7.23. The van der Waals surface area contributed by atoms with E-state index in [9.17, 15) is 4.79 Å². The van der Waals surface area contributed by atoms with Crippen LogP contribution in [0, 0.1) is 6.92 Å². The van der Waals surface area contributed by atoms with Gasteiger partial charge < -0.3 is 19.3 Å². The third kappa shape index (κ3) is 4.62. The van der Waals surface area contributed by atoms with Gasteiger partial charge in [0.15, 0.2) is 17.6 Å². The van der Waals surface area contributed by atoms with Gasteiger partial charge in [0.25, 0.3) is 11.8 Å². The van der Waals surface area contributed by atoms with Gasteiger partial charge in [0.2, 0.25) is 5.82 Å². The Morgan fingerprint density at radius 2 is 1.66 bits per heavy atom. The molecule has 0 saturated heterocycles. The minimum atomic E-state index is -0.759. The first kappa shape index (κ1) is 21.1. The van der Waals surface area contributed by atoms with E-state index in [2.05, 4.69) is 15.5 Å². The second-order valence-electron chi connectivity index (χ2n) is 7.23. The zero-order valence-corrected chi connectivity index (χ0v) is 18.0. The standard InChI is InChI=1S/C25H23N3O4/c1-16-12-14-18(15-13-16)23-27-25(32-28-23)19-8-4-5-9-20(19)26-24(29)17(2)31-22-11-7-6-10-21(22)30-3/h4-15,17H,1-3H3,(H,26,29). The third-order valence-electron chi connectivity index (χ3n) is 4.89. The summed E-state index contributed by atoms with van der Waals surface area (Å²) in [5.74, 6) is 1.53. The molecule has 1 atom stereocenters. The number of amides is 1. The molecule has 0 bridgehead atoms. The minimum Gasteiger partial charge on any atom is -0.493 e. The van der Waals surface area contributed by atoms with E-state index in [0.717, 1.165) is 11.1 Å². The molecule has 4 rings (SSSR count). The summed E-state index contributed by atoms with van der Waals surface area (Å²) in [5.41, 5.74) is 3.17. The zero-order chi connectivity index (χ0) is 22.5. The maximum atomic E-state index is 12.8. The van der Waals surface area contributed by atoms with Gasteiger partial charge in [-0.15, -0.1) is 0 Å². The molecule has 0 fully saturated rings. The fourth-order valence-electron chi connectivity index (χ4n) is 3.13. The van der Waals surface area contributed by atoms with E-state index in [1.807, 2.05) is 61.5 Å². The molecule has 7 heteroatoms. The second kappa shape index (κ2) is 9.34. The largest absolute Gasteiger partial charge is 0.493 e. The molecule has 0 radical (unpaired) electrons. The molecule has 0 aliphatic heterocycles. The van der Waals surface area contributed by atoms with E-state index in [-0.39, 0.29) is 5.91 Å². The molecular weight excluding hydrogens is 406 g/mol. The van der Waals surface area contributed by atoms with Gasteiger partial charge in [0.1, 0.15) is 0 Å². The van der Waals surface area contributed by atoms with Gasteiger partial charge in [-0.2, -0.15) is 4.98 Å². The van der Waals surface area contributed by atoms with E-state index in [4.69, 9.17) is 14.0 Å². The van der Waals surface area contributed by atoms with E-state index in [0.29, 0.717) is 34.5 Å². The van der Waals surface area contributed by atoms with Crippen LogP contribution in [0.2, 0.25) is 0 Å². The summed E-state index contributed by atoms with van der Waals surface area (Å²) in [4.78, 5) is 17.3. The van der Waals surface area contributed by atoms with Crippen molar-refractivity contribution in [3.8, 4) is 34.3 Å². The molecule has 1 amide bonds. The van der Waals surface area contributed by atoms with Gasteiger partial charge in [-0.25, -0.2) is 0 Å². The van der Waals surface area contributed by atoms with E-state index >= 15 is 0 Å². The van der Waals surface area contributed by atoms with Crippen LogP contribution in [0.5, 0.6) is 11.5 Å². The number of benzene rings is 3. The molecule has 1 aromatic heterocycles. The maximum absolute atomic E-state index is 12.8. The van der Waals surface area contributed by atoms with Crippen LogP contribution >= 0.6 is 0 Å². The summed E-state index contributed by atoms with van der Waals surface area (Å²) in [6.07, 6.45) is -0.759. The van der Waals surface area contributed by atoms with Gasteiger partial charge in [-0.3, -0.25) is 4.79 Å². The van der Waals surface area contributed by atoms with Crippen LogP contribution in [-0.2, 0) is 4.79 Å². The number of nitrogens with zero attached hydrogens (tertiary/aromatic N) is 2. The molecule has 0 aliphatic carbocycles. The minimum absolute atomic E-state index is 0.315. The predicted molar refractivity (Wildman–Crippen MR) is 122 cm³/mol. The highest BCUT2D eigenvalue weighted by Crippen LogP contribution is 2.30. The number of carbonyl (C=O) groups is 1. The molecule has 1 N–H and O–H groups in total. The molecule has 3 aromatic carbocycles. The lowest BCUT2D eigenvalue weighted by atomic mass is 10.1. The fraction of sp³-hybridized carbons (Fsp3) is 0.160. The number of aryl methyl sites for hydroxylation is 1. The average Bonchev–Trinajstić information content (AvgIpc) is 3.30. The van der Waals surface area contributed by atoms with Crippen molar-refractivity contribution in [2.24, 2.45) is 0 Å². The SMILES string of the molecule is COc1ccccc1OC(C)C(=O)Nc1ccccc1-c1nc(-c2ccc(C)cc2)no1. The summed E-state index contributed by atoms with van der Waals surface area (Å²) in [6.45, 7) is 3.69. The Bertz CT molecular complexity index is 1220. The first-order valence-corrected chi connectivity index (χ1v) is 10.2. The van der Waals surface area contributed by atoms with Crippen LogP contribution in [-0.4, -0.2) is 29.3 Å². The summed E-state index contributed by atoms with van der Waals surface area (Å²) in [5, 5.41) is 6.98. The summed E-state index contributed by atoms with van der Waals surface area (Å²) in [6, 6.07) is 22.3. The molecule has 4 aromatic rings. The topological polar surface area (TPSA) is 86.5 Å². The van der Waals surface area contributed by atoms with Crippen molar-refractivity contribution in [2.45, 2.75) is 20.0 Å². The van der Waals surface area contributed by atoms with Crippen LogP contribution in [0.25, 0.3) is 22.8 Å². The van der Waals surface area contributed by atoms with Crippen molar-refractivity contribution in [3.05, 3.63) is 78.4 Å². The number of nitrogens with one attached hydrogen (secondary N) is 1. The van der Waals surface area contributed by atoms with Crippen LogP contribution in [0.4, 0.5) is 5.69 Å². The number of aromatic nitrogens is 2. The molecule has 7 nitrogen and oxygen atoms in total. The van der Waals surface area contributed by atoms with Crippen molar-refractivity contribution in [1.29, 1.82) is 0 Å². The normalized spacial score (nSPS) is 11.6. The Labute approximate surface area is 186 Å². The maximum Gasteiger partial charge on any atom is 0.265 e. The molecule has 1 unspecified atom stereocenters. The Kier molecular flexibility index (Phi) is 6.17. The highest BCUT2D eigenvalue weighted by atomic mass is 16.5. The molecule has 0 aliphatic rings.